The fraction of sp³-hybridized carbons (Fsp3) is 0.455. The van der Waals surface area contributed by atoms with Gasteiger partial charge in [-0.1, -0.05) is 18.2 Å². The second kappa shape index (κ2) is 3.46. The van der Waals surface area contributed by atoms with Crippen LogP contribution in [0.25, 0.3) is 0 Å². The first kappa shape index (κ1) is 11.9. The van der Waals surface area contributed by atoms with E-state index in [9.17, 15) is 18.9 Å². The first-order chi connectivity index (χ1) is 7.85. The van der Waals surface area contributed by atoms with E-state index in [1.165, 1.54) is 19.1 Å². The second-order valence-corrected chi connectivity index (χ2v) is 4.40. The highest BCUT2D eigenvalue weighted by atomic mass is 19.3. The molecule has 0 heterocycles. The zero-order valence-electron chi connectivity index (χ0n) is 9.24. The summed E-state index contributed by atoms with van der Waals surface area (Å²) >= 11 is 0. The molecule has 1 saturated carbocycles. The van der Waals surface area contributed by atoms with Gasteiger partial charge in [0.05, 0.1) is 10.3 Å². The highest BCUT2D eigenvalue weighted by Gasteiger charge is 2.72. The van der Waals surface area contributed by atoms with E-state index >= 15 is 0 Å². The van der Waals surface area contributed by atoms with Gasteiger partial charge in [-0.2, -0.15) is 0 Å². The van der Waals surface area contributed by atoms with E-state index in [1.807, 2.05) is 0 Å². The fourth-order valence-electron chi connectivity index (χ4n) is 2.25. The molecular formula is C11H12F2N2O2. The van der Waals surface area contributed by atoms with E-state index in [-0.39, 0.29) is 17.8 Å². The van der Waals surface area contributed by atoms with Crippen molar-refractivity contribution in [3.8, 4) is 0 Å². The molecule has 2 rings (SSSR count). The predicted molar refractivity (Wildman–Crippen MR) is 58.1 cm³/mol. The van der Waals surface area contributed by atoms with Gasteiger partial charge in [0.1, 0.15) is 0 Å². The van der Waals surface area contributed by atoms with Crippen LogP contribution in [-0.4, -0.2) is 17.4 Å². The number of alkyl halides is 2. The van der Waals surface area contributed by atoms with Crippen LogP contribution in [-0.2, 0) is 5.41 Å². The maximum absolute atomic E-state index is 13.4. The number of nitrogens with zero attached hydrogens (tertiary/aromatic N) is 1. The van der Waals surface area contributed by atoms with Crippen molar-refractivity contribution < 1.29 is 13.7 Å². The van der Waals surface area contributed by atoms with E-state index in [4.69, 9.17) is 5.73 Å². The molecule has 6 heteroatoms. The molecule has 1 aromatic carbocycles. The van der Waals surface area contributed by atoms with Crippen molar-refractivity contribution in [3.63, 3.8) is 0 Å². The molecule has 2 N–H and O–H groups in total. The first-order valence-corrected chi connectivity index (χ1v) is 5.18. The van der Waals surface area contributed by atoms with E-state index in [1.54, 1.807) is 6.07 Å². The van der Waals surface area contributed by atoms with E-state index in [0.29, 0.717) is 5.56 Å². The molecule has 0 aromatic heterocycles. The van der Waals surface area contributed by atoms with Gasteiger partial charge in [-0.25, -0.2) is 8.78 Å². The predicted octanol–water partition coefficient (Wildman–Crippen LogP) is 2.14. The Bertz CT molecular complexity index is 490. The number of benzene rings is 1. The minimum atomic E-state index is -2.94. The van der Waals surface area contributed by atoms with Gasteiger partial charge < -0.3 is 5.73 Å². The average Bonchev–Trinajstić information content (AvgIpc) is 2.81. The number of nitro groups is 1. The van der Waals surface area contributed by atoms with Crippen LogP contribution in [0.1, 0.15) is 17.5 Å². The Labute approximate surface area is 96.6 Å². The van der Waals surface area contributed by atoms with Crippen molar-refractivity contribution in [1.29, 1.82) is 0 Å². The standard InChI is InChI=1S/C11H12F2N2O2/c1-7-3-2-4-8(9(7)15(16)17)10(6-14)5-11(10,12)13/h2-4H,5-6,14H2,1H3. The Kier molecular flexibility index (Phi) is 2.43. The minimum absolute atomic E-state index is 0.0509. The maximum atomic E-state index is 13.4. The summed E-state index contributed by atoms with van der Waals surface area (Å²) in [6.45, 7) is 1.25. The van der Waals surface area contributed by atoms with Crippen LogP contribution in [0.5, 0.6) is 0 Å². The fourth-order valence-corrected chi connectivity index (χ4v) is 2.25. The molecule has 0 aliphatic heterocycles. The Morgan fingerprint density at radius 3 is 2.53 bits per heavy atom. The number of halogens is 2. The molecule has 0 bridgehead atoms. The first-order valence-electron chi connectivity index (χ1n) is 5.18. The zero-order valence-corrected chi connectivity index (χ0v) is 9.24. The van der Waals surface area contributed by atoms with Gasteiger partial charge >= 0.3 is 0 Å². The Morgan fingerprint density at radius 2 is 2.12 bits per heavy atom. The van der Waals surface area contributed by atoms with Crippen molar-refractivity contribution >= 4 is 5.69 Å². The van der Waals surface area contributed by atoms with E-state index < -0.39 is 22.7 Å². The lowest BCUT2D eigenvalue weighted by Gasteiger charge is -2.15. The molecule has 4 nitrogen and oxygen atoms in total. The zero-order chi connectivity index (χ0) is 12.8. The molecule has 0 amide bonds. The van der Waals surface area contributed by atoms with Crippen LogP contribution in [0.4, 0.5) is 14.5 Å². The average molecular weight is 242 g/mol. The molecule has 1 unspecified atom stereocenters. The maximum Gasteiger partial charge on any atom is 0.276 e. The van der Waals surface area contributed by atoms with Gasteiger partial charge in [-0.3, -0.25) is 10.1 Å². The summed E-state index contributed by atoms with van der Waals surface area (Å²) in [6, 6.07) is 4.45. The summed E-state index contributed by atoms with van der Waals surface area (Å²) in [5, 5.41) is 11.0. The summed E-state index contributed by atoms with van der Waals surface area (Å²) in [6.07, 6.45) is -0.416. The Balaban J connectivity index is 2.61. The molecular weight excluding hydrogens is 230 g/mol. The third-order valence-electron chi connectivity index (χ3n) is 3.38. The Hall–Kier alpha value is -1.56. The number of rotatable bonds is 3. The van der Waals surface area contributed by atoms with Crippen molar-refractivity contribution in [2.24, 2.45) is 5.73 Å². The number of hydrogen-bond acceptors (Lipinski definition) is 3. The van der Waals surface area contributed by atoms with Gasteiger partial charge in [0.25, 0.3) is 11.6 Å². The van der Waals surface area contributed by atoms with Gasteiger partial charge in [-0.05, 0) is 6.92 Å². The quantitative estimate of drug-likeness (QED) is 0.652. The smallest absolute Gasteiger partial charge is 0.276 e. The lowest BCUT2D eigenvalue weighted by atomic mass is 9.92. The highest BCUT2D eigenvalue weighted by Crippen LogP contribution is 2.62. The van der Waals surface area contributed by atoms with Gasteiger partial charge in [0, 0.05) is 24.1 Å². The SMILES string of the molecule is Cc1cccc(C2(CN)CC2(F)F)c1[N+](=O)[O-]. The monoisotopic (exact) mass is 242 g/mol. The van der Waals surface area contributed by atoms with Gasteiger partial charge in [0.2, 0.25) is 0 Å². The van der Waals surface area contributed by atoms with E-state index in [0.717, 1.165) is 0 Å². The normalized spacial score (nSPS) is 25.6. The molecule has 0 radical (unpaired) electrons. The molecule has 1 atom stereocenters. The molecule has 0 saturated heterocycles. The summed E-state index contributed by atoms with van der Waals surface area (Å²) in [5.41, 5.74) is 4.03. The number of nitro benzene ring substituents is 1. The third-order valence-corrected chi connectivity index (χ3v) is 3.38. The molecule has 1 fully saturated rings. The lowest BCUT2D eigenvalue weighted by molar-refractivity contribution is -0.386. The van der Waals surface area contributed by atoms with Crippen LogP contribution in [0, 0.1) is 17.0 Å². The second-order valence-electron chi connectivity index (χ2n) is 4.40. The lowest BCUT2D eigenvalue weighted by Crippen LogP contribution is -2.27. The molecule has 17 heavy (non-hydrogen) atoms. The summed E-state index contributed by atoms with van der Waals surface area (Å²) in [5.74, 6) is -2.94. The topological polar surface area (TPSA) is 69.2 Å². The van der Waals surface area contributed by atoms with Gasteiger partial charge in [-0.15, -0.1) is 0 Å². The molecule has 1 aromatic rings. The molecule has 1 aliphatic rings. The van der Waals surface area contributed by atoms with Crippen molar-refractivity contribution in [2.45, 2.75) is 24.7 Å². The molecule has 0 spiro atoms. The van der Waals surface area contributed by atoms with Crippen LogP contribution < -0.4 is 5.73 Å². The van der Waals surface area contributed by atoms with Crippen molar-refractivity contribution in [2.75, 3.05) is 6.54 Å². The van der Waals surface area contributed by atoms with Crippen LogP contribution >= 0.6 is 0 Å². The van der Waals surface area contributed by atoms with Crippen molar-refractivity contribution in [3.05, 3.63) is 39.4 Å². The van der Waals surface area contributed by atoms with Crippen molar-refractivity contribution in [1.82, 2.24) is 0 Å². The third kappa shape index (κ3) is 1.51. The summed E-state index contributed by atoms with van der Waals surface area (Å²) in [7, 11) is 0. The highest BCUT2D eigenvalue weighted by molar-refractivity contribution is 5.55. The summed E-state index contributed by atoms with van der Waals surface area (Å²) < 4.78 is 26.8. The largest absolute Gasteiger partial charge is 0.329 e. The van der Waals surface area contributed by atoms with Crippen LogP contribution in [0.2, 0.25) is 0 Å². The number of hydrogen-bond donors (Lipinski definition) is 1. The van der Waals surface area contributed by atoms with Crippen LogP contribution in [0.3, 0.4) is 0 Å². The van der Waals surface area contributed by atoms with Crippen LogP contribution in [0.15, 0.2) is 18.2 Å². The Morgan fingerprint density at radius 1 is 1.53 bits per heavy atom. The molecule has 1 aliphatic carbocycles. The number of nitrogens with two attached hydrogens (primary N) is 1. The van der Waals surface area contributed by atoms with Gasteiger partial charge in [0.15, 0.2) is 0 Å². The summed E-state index contributed by atoms with van der Waals surface area (Å²) in [4.78, 5) is 10.3. The van der Waals surface area contributed by atoms with E-state index in [2.05, 4.69) is 0 Å². The molecule has 92 valence electrons. The number of aryl methyl sites for hydroxylation is 1. The minimum Gasteiger partial charge on any atom is -0.329 e. The number of para-hydroxylation sites is 1.